The highest BCUT2D eigenvalue weighted by atomic mass is 32.2. The molecule has 40 heavy (non-hydrogen) atoms. The third-order valence-corrected chi connectivity index (χ3v) is 6.70. The zero-order chi connectivity index (χ0) is 29.0. The van der Waals surface area contributed by atoms with E-state index in [9.17, 15) is 18.0 Å². The maximum absolute atomic E-state index is 12.5. The lowest BCUT2D eigenvalue weighted by Crippen LogP contribution is -2.39. The number of benzene rings is 3. The van der Waals surface area contributed by atoms with E-state index < -0.39 is 22.5 Å². The van der Waals surface area contributed by atoms with Gasteiger partial charge in [0.05, 0.1) is 32.4 Å². The van der Waals surface area contributed by atoms with E-state index in [2.05, 4.69) is 15.8 Å². The van der Waals surface area contributed by atoms with Crippen LogP contribution in [0.15, 0.2) is 77.9 Å². The van der Waals surface area contributed by atoms with E-state index in [1.54, 1.807) is 30.3 Å². The SMILES string of the molecule is COc1ccc(N(CC(=O)N/N=C\c2ccc(OCC(=O)NCCc3ccccc3)cc2)S(C)(=O)=O)c(OC)c1. The molecular formula is C28H32N4O7S. The molecule has 0 unspecified atom stereocenters. The van der Waals surface area contributed by atoms with Gasteiger partial charge in [-0.15, -0.1) is 0 Å². The van der Waals surface area contributed by atoms with Crippen LogP contribution in [-0.2, 0) is 26.0 Å². The van der Waals surface area contributed by atoms with E-state index in [1.807, 2.05) is 30.3 Å². The molecule has 0 fully saturated rings. The van der Waals surface area contributed by atoms with Gasteiger partial charge in [0.2, 0.25) is 10.0 Å². The Morgan fingerprint density at radius 1 is 0.925 bits per heavy atom. The van der Waals surface area contributed by atoms with Gasteiger partial charge in [0.15, 0.2) is 6.61 Å². The molecule has 212 valence electrons. The van der Waals surface area contributed by atoms with Crippen LogP contribution in [0.4, 0.5) is 5.69 Å². The first kappa shape index (κ1) is 30.0. The number of hydrazone groups is 1. The van der Waals surface area contributed by atoms with Gasteiger partial charge >= 0.3 is 0 Å². The second-order valence-electron chi connectivity index (χ2n) is 8.54. The summed E-state index contributed by atoms with van der Waals surface area (Å²) in [4.78, 5) is 24.5. The molecule has 3 rings (SSSR count). The highest BCUT2D eigenvalue weighted by Gasteiger charge is 2.24. The molecule has 0 aliphatic rings. The van der Waals surface area contributed by atoms with Gasteiger partial charge in [-0.25, -0.2) is 13.8 Å². The van der Waals surface area contributed by atoms with Crippen molar-refractivity contribution in [1.82, 2.24) is 10.7 Å². The number of carbonyl (C=O) groups excluding carboxylic acids is 2. The third kappa shape index (κ3) is 9.31. The van der Waals surface area contributed by atoms with Gasteiger partial charge in [0, 0.05) is 12.6 Å². The fourth-order valence-electron chi connectivity index (χ4n) is 3.56. The average Bonchev–Trinajstić information content (AvgIpc) is 2.95. The van der Waals surface area contributed by atoms with Crippen molar-refractivity contribution in [2.75, 3.05) is 44.5 Å². The highest BCUT2D eigenvalue weighted by Crippen LogP contribution is 2.33. The predicted molar refractivity (Wildman–Crippen MR) is 153 cm³/mol. The predicted octanol–water partition coefficient (Wildman–Crippen LogP) is 2.36. The molecule has 0 spiro atoms. The molecule has 0 bridgehead atoms. The molecule has 0 aliphatic carbocycles. The number of anilines is 1. The van der Waals surface area contributed by atoms with E-state index in [0.717, 1.165) is 22.5 Å². The summed E-state index contributed by atoms with van der Waals surface area (Å²) in [7, 11) is -0.955. The molecule has 0 aromatic heterocycles. The van der Waals surface area contributed by atoms with Crippen molar-refractivity contribution >= 4 is 33.7 Å². The summed E-state index contributed by atoms with van der Waals surface area (Å²) in [6, 6.07) is 21.2. The normalized spacial score (nSPS) is 11.1. The molecule has 0 heterocycles. The Morgan fingerprint density at radius 2 is 1.62 bits per heavy atom. The summed E-state index contributed by atoms with van der Waals surface area (Å²) in [6.07, 6.45) is 3.13. The van der Waals surface area contributed by atoms with E-state index in [-0.39, 0.29) is 24.0 Å². The molecule has 3 aromatic carbocycles. The summed E-state index contributed by atoms with van der Waals surface area (Å²) in [5.74, 6) is 0.323. The van der Waals surface area contributed by atoms with Crippen LogP contribution in [0.2, 0.25) is 0 Å². The first-order chi connectivity index (χ1) is 19.2. The standard InChI is InChI=1S/C28H32N4O7S/c1-37-24-13-14-25(26(17-24)38-2)32(40(3,35)36)19-27(33)31-30-18-22-9-11-23(12-10-22)39-20-28(34)29-16-15-21-7-5-4-6-8-21/h4-14,17-18H,15-16,19-20H2,1-3H3,(H,29,34)(H,31,33)/b30-18-. The fraction of sp³-hybridized carbons (Fsp3) is 0.250. The van der Waals surface area contributed by atoms with Crippen LogP contribution in [0.5, 0.6) is 17.2 Å². The van der Waals surface area contributed by atoms with Gasteiger partial charge < -0.3 is 19.5 Å². The van der Waals surface area contributed by atoms with Crippen molar-refractivity contribution in [1.29, 1.82) is 0 Å². The number of amides is 2. The average molecular weight is 569 g/mol. The van der Waals surface area contributed by atoms with Crippen LogP contribution in [0.1, 0.15) is 11.1 Å². The number of hydrogen-bond donors (Lipinski definition) is 2. The molecule has 2 N–H and O–H groups in total. The Bertz CT molecular complexity index is 1410. The van der Waals surface area contributed by atoms with E-state index in [0.29, 0.717) is 23.6 Å². The monoisotopic (exact) mass is 568 g/mol. The van der Waals surface area contributed by atoms with Crippen LogP contribution in [-0.4, -0.2) is 66.6 Å². The quantitative estimate of drug-likeness (QED) is 0.225. The number of hydrogen-bond acceptors (Lipinski definition) is 8. The lowest BCUT2D eigenvalue weighted by atomic mass is 10.1. The van der Waals surface area contributed by atoms with Crippen LogP contribution >= 0.6 is 0 Å². The number of ether oxygens (including phenoxy) is 3. The van der Waals surface area contributed by atoms with Gasteiger partial charge in [-0.1, -0.05) is 30.3 Å². The summed E-state index contributed by atoms with van der Waals surface area (Å²) >= 11 is 0. The van der Waals surface area contributed by atoms with Crippen LogP contribution < -0.4 is 29.3 Å². The van der Waals surface area contributed by atoms with Crippen LogP contribution in [0, 0.1) is 0 Å². The molecule has 0 saturated carbocycles. The number of sulfonamides is 1. The summed E-state index contributed by atoms with van der Waals surface area (Å²) < 4.78 is 41.7. The van der Waals surface area contributed by atoms with Crippen molar-refractivity contribution in [2.45, 2.75) is 6.42 Å². The third-order valence-electron chi connectivity index (χ3n) is 5.57. The fourth-order valence-corrected chi connectivity index (χ4v) is 4.42. The minimum absolute atomic E-state index is 0.117. The Morgan fingerprint density at radius 3 is 2.27 bits per heavy atom. The van der Waals surface area contributed by atoms with Crippen LogP contribution in [0.3, 0.4) is 0 Å². The molecule has 2 amide bonds. The minimum atomic E-state index is -3.82. The number of methoxy groups -OCH3 is 2. The van der Waals surface area contributed by atoms with Gasteiger partial charge in [-0.05, 0) is 53.9 Å². The lowest BCUT2D eigenvalue weighted by Gasteiger charge is -2.23. The van der Waals surface area contributed by atoms with Gasteiger partial charge in [-0.3, -0.25) is 13.9 Å². The van der Waals surface area contributed by atoms with Crippen molar-refractivity contribution in [3.05, 3.63) is 83.9 Å². The Labute approximate surface area is 233 Å². The maximum atomic E-state index is 12.5. The Balaban J connectivity index is 1.48. The van der Waals surface area contributed by atoms with Gasteiger partial charge in [-0.2, -0.15) is 5.10 Å². The molecule has 3 aromatic rings. The highest BCUT2D eigenvalue weighted by molar-refractivity contribution is 7.92. The molecular weight excluding hydrogens is 536 g/mol. The zero-order valence-electron chi connectivity index (χ0n) is 22.5. The second-order valence-corrected chi connectivity index (χ2v) is 10.5. The van der Waals surface area contributed by atoms with E-state index in [1.165, 1.54) is 32.6 Å². The number of carbonyl (C=O) groups is 2. The van der Waals surface area contributed by atoms with Crippen molar-refractivity contribution < 1.29 is 32.2 Å². The van der Waals surface area contributed by atoms with Crippen molar-refractivity contribution in [3.8, 4) is 17.2 Å². The van der Waals surface area contributed by atoms with Crippen LogP contribution in [0.25, 0.3) is 0 Å². The van der Waals surface area contributed by atoms with Crippen molar-refractivity contribution in [3.63, 3.8) is 0 Å². The minimum Gasteiger partial charge on any atom is -0.497 e. The summed E-state index contributed by atoms with van der Waals surface area (Å²) in [6.45, 7) is -0.115. The second kappa shape index (κ2) is 14.5. The Kier molecular flexibility index (Phi) is 10.9. The smallest absolute Gasteiger partial charge is 0.260 e. The molecule has 11 nitrogen and oxygen atoms in total. The first-order valence-electron chi connectivity index (χ1n) is 12.2. The van der Waals surface area contributed by atoms with Gasteiger partial charge in [0.1, 0.15) is 23.8 Å². The number of nitrogens with one attached hydrogen (secondary N) is 2. The maximum Gasteiger partial charge on any atom is 0.260 e. The molecule has 0 saturated heterocycles. The van der Waals surface area contributed by atoms with Crippen molar-refractivity contribution in [2.24, 2.45) is 5.10 Å². The summed E-state index contributed by atoms with van der Waals surface area (Å²) in [5, 5.41) is 6.72. The number of nitrogens with zero attached hydrogens (tertiary/aromatic N) is 2. The van der Waals surface area contributed by atoms with E-state index in [4.69, 9.17) is 14.2 Å². The summed E-state index contributed by atoms with van der Waals surface area (Å²) in [5.41, 5.74) is 4.30. The first-order valence-corrected chi connectivity index (χ1v) is 14.1. The lowest BCUT2D eigenvalue weighted by molar-refractivity contribution is -0.123. The topological polar surface area (TPSA) is 136 Å². The Hall–Kier alpha value is -4.58. The molecule has 0 aliphatic heterocycles. The largest absolute Gasteiger partial charge is 0.497 e. The molecule has 12 heteroatoms. The zero-order valence-corrected chi connectivity index (χ0v) is 23.3. The van der Waals surface area contributed by atoms with E-state index >= 15 is 0 Å². The molecule has 0 atom stereocenters. The molecule has 0 radical (unpaired) electrons. The van der Waals surface area contributed by atoms with Gasteiger partial charge in [0.25, 0.3) is 11.8 Å². The number of rotatable bonds is 14.